The normalized spacial score (nSPS) is 10.8. The van der Waals surface area contributed by atoms with Gasteiger partial charge in [0.1, 0.15) is 11.5 Å². The van der Waals surface area contributed by atoms with Gasteiger partial charge in [-0.3, -0.25) is 9.78 Å². The van der Waals surface area contributed by atoms with Crippen molar-refractivity contribution in [3.63, 3.8) is 0 Å². The summed E-state index contributed by atoms with van der Waals surface area (Å²) in [5.74, 6) is 2.50. The van der Waals surface area contributed by atoms with E-state index < -0.39 is 0 Å². The van der Waals surface area contributed by atoms with E-state index in [4.69, 9.17) is 8.94 Å². The molecule has 3 aromatic heterocycles. The summed E-state index contributed by atoms with van der Waals surface area (Å²) < 4.78 is 10.7. The van der Waals surface area contributed by atoms with Crippen molar-refractivity contribution in [2.45, 2.75) is 26.3 Å². The van der Waals surface area contributed by atoms with Crippen LogP contribution in [0.4, 0.5) is 0 Å². The van der Waals surface area contributed by atoms with Gasteiger partial charge in [0.25, 0.3) is 0 Å². The molecule has 1 amide bonds. The molecular formula is C17H18N4O3. The minimum atomic E-state index is -0.00909. The Bertz CT molecular complexity index is 810. The lowest BCUT2D eigenvalue weighted by Gasteiger charge is -2.14. The number of amides is 1. The number of aromatic nitrogens is 3. The fourth-order valence-electron chi connectivity index (χ4n) is 2.27. The Morgan fingerprint density at radius 2 is 2.17 bits per heavy atom. The van der Waals surface area contributed by atoms with Crippen LogP contribution in [0.1, 0.15) is 23.8 Å². The van der Waals surface area contributed by atoms with Crippen LogP contribution in [0.25, 0.3) is 11.4 Å². The molecule has 0 saturated heterocycles. The summed E-state index contributed by atoms with van der Waals surface area (Å²) in [4.78, 5) is 22.1. The number of pyridine rings is 1. The van der Waals surface area contributed by atoms with Crippen LogP contribution in [0, 0.1) is 6.92 Å². The Hall–Kier alpha value is -2.96. The van der Waals surface area contributed by atoms with Crippen molar-refractivity contribution in [1.29, 1.82) is 0 Å². The monoisotopic (exact) mass is 326 g/mol. The van der Waals surface area contributed by atoms with Gasteiger partial charge >= 0.3 is 0 Å². The zero-order valence-electron chi connectivity index (χ0n) is 13.6. The molecule has 7 nitrogen and oxygen atoms in total. The largest absolute Gasteiger partial charge is 0.464 e. The molecule has 0 unspecified atom stereocenters. The molecule has 0 spiro atoms. The second-order valence-electron chi connectivity index (χ2n) is 5.52. The van der Waals surface area contributed by atoms with Crippen LogP contribution in [0.15, 0.2) is 45.6 Å². The number of hydrogen-bond acceptors (Lipinski definition) is 6. The molecule has 0 atom stereocenters. The maximum atomic E-state index is 12.2. The van der Waals surface area contributed by atoms with E-state index in [0.717, 1.165) is 17.1 Å². The molecule has 124 valence electrons. The molecule has 0 aliphatic heterocycles. The smallest absolute Gasteiger partial charge is 0.227 e. The van der Waals surface area contributed by atoms with Crippen molar-refractivity contribution in [2.24, 2.45) is 0 Å². The Morgan fingerprint density at radius 1 is 1.29 bits per heavy atom. The number of rotatable bonds is 6. The van der Waals surface area contributed by atoms with Crippen molar-refractivity contribution in [1.82, 2.24) is 20.0 Å². The van der Waals surface area contributed by atoms with E-state index in [1.54, 1.807) is 30.4 Å². The maximum absolute atomic E-state index is 12.2. The van der Waals surface area contributed by atoms with Crippen LogP contribution in [0.2, 0.25) is 0 Å². The minimum Gasteiger partial charge on any atom is -0.464 e. The van der Waals surface area contributed by atoms with Crippen molar-refractivity contribution >= 4 is 5.91 Å². The number of furan rings is 1. The molecule has 3 rings (SSSR count). The average Bonchev–Trinajstić information content (AvgIpc) is 3.22. The van der Waals surface area contributed by atoms with Gasteiger partial charge in [-0.2, -0.15) is 4.98 Å². The molecule has 0 aliphatic carbocycles. The molecule has 24 heavy (non-hydrogen) atoms. The van der Waals surface area contributed by atoms with Gasteiger partial charge in [0.15, 0.2) is 0 Å². The average molecular weight is 326 g/mol. The van der Waals surface area contributed by atoms with Gasteiger partial charge in [0, 0.05) is 37.8 Å². The molecule has 3 heterocycles. The van der Waals surface area contributed by atoms with Gasteiger partial charge in [-0.15, -0.1) is 0 Å². The van der Waals surface area contributed by atoms with Gasteiger partial charge in [0.2, 0.25) is 17.6 Å². The van der Waals surface area contributed by atoms with Crippen LogP contribution >= 0.6 is 0 Å². The highest BCUT2D eigenvalue weighted by Gasteiger charge is 2.14. The predicted octanol–water partition coefficient (Wildman–Crippen LogP) is 2.62. The van der Waals surface area contributed by atoms with E-state index >= 15 is 0 Å². The molecule has 0 bridgehead atoms. The third-order valence-electron chi connectivity index (χ3n) is 3.56. The first-order valence-corrected chi connectivity index (χ1v) is 7.64. The Labute approximate surface area is 139 Å². The SMILES string of the molecule is Cc1ccc(CN(C)C(=O)CCc2nc(-c3cccnc3)no2)o1. The Balaban J connectivity index is 1.53. The van der Waals surface area contributed by atoms with Gasteiger partial charge < -0.3 is 13.8 Å². The minimum absolute atomic E-state index is 0.00909. The zero-order chi connectivity index (χ0) is 16.9. The summed E-state index contributed by atoms with van der Waals surface area (Å²) >= 11 is 0. The van der Waals surface area contributed by atoms with Crippen LogP contribution in [-0.4, -0.2) is 33.0 Å². The molecule has 0 aromatic carbocycles. The van der Waals surface area contributed by atoms with E-state index in [0.29, 0.717) is 31.1 Å². The fraction of sp³-hybridized carbons (Fsp3) is 0.294. The summed E-state index contributed by atoms with van der Waals surface area (Å²) in [7, 11) is 1.75. The molecular weight excluding hydrogens is 308 g/mol. The fourth-order valence-corrected chi connectivity index (χ4v) is 2.27. The van der Waals surface area contributed by atoms with Crippen LogP contribution in [-0.2, 0) is 17.8 Å². The second kappa shape index (κ2) is 7.08. The number of hydrogen-bond donors (Lipinski definition) is 0. The van der Waals surface area contributed by atoms with E-state index in [1.165, 1.54) is 0 Å². The van der Waals surface area contributed by atoms with Crippen molar-refractivity contribution in [3.05, 3.63) is 54.1 Å². The van der Waals surface area contributed by atoms with Crippen LogP contribution in [0.3, 0.4) is 0 Å². The van der Waals surface area contributed by atoms with Gasteiger partial charge in [-0.05, 0) is 31.2 Å². The summed E-state index contributed by atoms with van der Waals surface area (Å²) in [5, 5.41) is 3.91. The third-order valence-corrected chi connectivity index (χ3v) is 3.56. The lowest BCUT2D eigenvalue weighted by molar-refractivity contribution is -0.130. The van der Waals surface area contributed by atoms with E-state index in [2.05, 4.69) is 15.1 Å². The van der Waals surface area contributed by atoms with Crippen LogP contribution < -0.4 is 0 Å². The third kappa shape index (κ3) is 3.87. The summed E-state index contributed by atoms with van der Waals surface area (Å²) in [6.45, 7) is 2.32. The van der Waals surface area contributed by atoms with Gasteiger partial charge in [0.05, 0.1) is 6.54 Å². The first-order valence-electron chi connectivity index (χ1n) is 7.64. The number of carbonyl (C=O) groups is 1. The summed E-state index contributed by atoms with van der Waals surface area (Å²) in [6, 6.07) is 7.41. The molecule has 0 saturated carbocycles. The first kappa shape index (κ1) is 15.9. The van der Waals surface area contributed by atoms with Gasteiger partial charge in [-0.25, -0.2) is 0 Å². The lowest BCUT2D eigenvalue weighted by atomic mass is 10.2. The summed E-state index contributed by atoms with van der Waals surface area (Å²) in [5.41, 5.74) is 0.782. The lowest BCUT2D eigenvalue weighted by Crippen LogP contribution is -2.26. The van der Waals surface area contributed by atoms with Crippen molar-refractivity contribution in [2.75, 3.05) is 7.05 Å². The maximum Gasteiger partial charge on any atom is 0.227 e. The number of aryl methyl sites for hydroxylation is 2. The molecule has 0 N–H and O–H groups in total. The Kier molecular flexibility index (Phi) is 4.69. The topological polar surface area (TPSA) is 85.3 Å². The van der Waals surface area contributed by atoms with Crippen molar-refractivity contribution < 1.29 is 13.7 Å². The standard InChI is InChI=1S/C17H18N4O3/c1-12-5-6-14(23-12)11-21(2)16(22)8-7-15-19-17(20-24-15)13-4-3-9-18-10-13/h3-6,9-10H,7-8,11H2,1-2H3. The van der Waals surface area contributed by atoms with Crippen molar-refractivity contribution in [3.8, 4) is 11.4 Å². The predicted molar refractivity (Wildman–Crippen MR) is 85.8 cm³/mol. The van der Waals surface area contributed by atoms with E-state index in [-0.39, 0.29) is 5.91 Å². The highest BCUT2D eigenvalue weighted by molar-refractivity contribution is 5.75. The quantitative estimate of drug-likeness (QED) is 0.692. The summed E-state index contributed by atoms with van der Waals surface area (Å²) in [6.07, 6.45) is 4.04. The van der Waals surface area contributed by atoms with E-state index in [1.807, 2.05) is 25.1 Å². The van der Waals surface area contributed by atoms with Gasteiger partial charge in [-0.1, -0.05) is 5.16 Å². The van der Waals surface area contributed by atoms with Crippen LogP contribution in [0.5, 0.6) is 0 Å². The second-order valence-corrected chi connectivity index (χ2v) is 5.52. The molecule has 7 heteroatoms. The Morgan fingerprint density at radius 3 is 2.88 bits per heavy atom. The highest BCUT2D eigenvalue weighted by atomic mass is 16.5. The molecule has 3 aromatic rings. The highest BCUT2D eigenvalue weighted by Crippen LogP contribution is 2.15. The molecule has 0 radical (unpaired) electrons. The first-order chi connectivity index (χ1) is 11.6. The number of nitrogens with zero attached hydrogens (tertiary/aromatic N) is 4. The molecule has 0 fully saturated rings. The zero-order valence-corrected chi connectivity index (χ0v) is 13.6. The van der Waals surface area contributed by atoms with E-state index in [9.17, 15) is 4.79 Å². The number of carbonyl (C=O) groups excluding carboxylic acids is 1. The molecule has 0 aliphatic rings.